The summed E-state index contributed by atoms with van der Waals surface area (Å²) >= 11 is 1.42. The molecule has 0 aliphatic heterocycles. The van der Waals surface area contributed by atoms with Crippen LogP contribution in [-0.4, -0.2) is 33.3 Å². The highest BCUT2D eigenvalue weighted by Crippen LogP contribution is 2.31. The van der Waals surface area contributed by atoms with Crippen LogP contribution in [0.2, 0.25) is 0 Å². The smallest absolute Gasteiger partial charge is 0.224 e. The van der Waals surface area contributed by atoms with Gasteiger partial charge in [0.25, 0.3) is 0 Å². The maximum absolute atomic E-state index is 6.00. The zero-order chi connectivity index (χ0) is 15.7. The molecule has 0 radical (unpaired) electrons. The van der Waals surface area contributed by atoms with Crippen molar-refractivity contribution in [2.45, 2.75) is 5.16 Å². The van der Waals surface area contributed by atoms with Gasteiger partial charge >= 0.3 is 0 Å². The number of hydrogen-bond acceptors (Lipinski definition) is 8. The summed E-state index contributed by atoms with van der Waals surface area (Å²) in [7, 11) is 1.62. The molecule has 0 unspecified atom stereocenters. The van der Waals surface area contributed by atoms with Crippen LogP contribution in [0.15, 0.2) is 29.4 Å². The van der Waals surface area contributed by atoms with Gasteiger partial charge in [-0.2, -0.15) is 9.97 Å². The molecule has 0 bridgehead atoms. The molecular formula is C14H14N6OS. The Bertz CT molecular complexity index is 837. The van der Waals surface area contributed by atoms with Crippen LogP contribution in [0.1, 0.15) is 0 Å². The lowest BCUT2D eigenvalue weighted by atomic mass is 10.1. The summed E-state index contributed by atoms with van der Waals surface area (Å²) in [5, 5.41) is 1.19. The van der Waals surface area contributed by atoms with Crippen LogP contribution in [0, 0.1) is 0 Å². The standard InChI is InChI=1S/C14H14N6OS/c1-21-8-5-3-7(4-6-8)10-9-11(15)18-13(16)19-12(9)20-14(17-10)22-2/h3-6H,1-2H3,(H4,15,16,17,18,19,20). The predicted octanol–water partition coefficient (Wildman–Crippen LogP) is 1.98. The molecule has 22 heavy (non-hydrogen) atoms. The third kappa shape index (κ3) is 2.48. The second-order valence-electron chi connectivity index (χ2n) is 4.45. The molecule has 8 heteroatoms. The van der Waals surface area contributed by atoms with Crippen molar-refractivity contribution in [2.75, 3.05) is 24.8 Å². The van der Waals surface area contributed by atoms with Crippen molar-refractivity contribution in [1.82, 2.24) is 19.9 Å². The molecule has 112 valence electrons. The van der Waals surface area contributed by atoms with Crippen LogP contribution < -0.4 is 16.2 Å². The highest BCUT2D eigenvalue weighted by Gasteiger charge is 2.15. The fourth-order valence-electron chi connectivity index (χ4n) is 2.11. The largest absolute Gasteiger partial charge is 0.497 e. The van der Waals surface area contributed by atoms with E-state index in [0.29, 0.717) is 21.9 Å². The molecule has 1 aromatic carbocycles. The van der Waals surface area contributed by atoms with E-state index in [1.54, 1.807) is 7.11 Å². The van der Waals surface area contributed by atoms with Crippen molar-refractivity contribution >= 4 is 34.6 Å². The highest BCUT2D eigenvalue weighted by molar-refractivity contribution is 7.98. The molecular weight excluding hydrogens is 300 g/mol. The highest BCUT2D eigenvalue weighted by atomic mass is 32.2. The Morgan fingerprint density at radius 2 is 1.73 bits per heavy atom. The van der Waals surface area contributed by atoms with E-state index < -0.39 is 0 Å². The quantitative estimate of drug-likeness (QED) is 0.557. The molecule has 0 aliphatic rings. The second kappa shape index (κ2) is 5.64. The van der Waals surface area contributed by atoms with Crippen LogP contribution >= 0.6 is 11.8 Å². The first-order valence-corrected chi connectivity index (χ1v) is 7.64. The number of nitrogens with zero attached hydrogens (tertiary/aromatic N) is 4. The molecule has 0 aliphatic carbocycles. The Kier molecular flexibility index (Phi) is 3.68. The predicted molar refractivity (Wildman–Crippen MR) is 87.7 cm³/mol. The topological polar surface area (TPSA) is 113 Å². The number of hydrogen-bond donors (Lipinski definition) is 2. The molecule has 3 rings (SSSR count). The lowest BCUT2D eigenvalue weighted by Crippen LogP contribution is -2.04. The zero-order valence-corrected chi connectivity index (χ0v) is 12.9. The summed E-state index contributed by atoms with van der Waals surface area (Å²) in [6.07, 6.45) is 1.90. The number of benzene rings is 1. The lowest BCUT2D eigenvalue weighted by molar-refractivity contribution is 0.415. The van der Waals surface area contributed by atoms with Gasteiger partial charge in [-0.25, -0.2) is 9.97 Å². The molecule has 0 spiro atoms. The number of anilines is 2. The van der Waals surface area contributed by atoms with Crippen molar-refractivity contribution in [3.05, 3.63) is 24.3 Å². The van der Waals surface area contributed by atoms with E-state index >= 15 is 0 Å². The zero-order valence-electron chi connectivity index (χ0n) is 12.1. The van der Waals surface area contributed by atoms with Gasteiger partial charge < -0.3 is 16.2 Å². The fraction of sp³-hybridized carbons (Fsp3) is 0.143. The number of nitrogen functional groups attached to an aromatic ring is 2. The minimum absolute atomic E-state index is 0.0939. The monoisotopic (exact) mass is 314 g/mol. The summed E-state index contributed by atoms with van der Waals surface area (Å²) in [6, 6.07) is 7.52. The molecule has 0 saturated heterocycles. The summed E-state index contributed by atoms with van der Waals surface area (Å²) in [5.41, 5.74) is 13.7. The number of aromatic nitrogens is 4. The first-order valence-electron chi connectivity index (χ1n) is 6.41. The SMILES string of the molecule is COc1ccc(-c2nc(SC)nc3nc(N)nc(N)c23)cc1. The van der Waals surface area contributed by atoms with E-state index in [1.807, 2.05) is 30.5 Å². The van der Waals surface area contributed by atoms with Crippen molar-refractivity contribution in [2.24, 2.45) is 0 Å². The fourth-order valence-corrected chi connectivity index (χ4v) is 2.47. The van der Waals surface area contributed by atoms with E-state index in [2.05, 4.69) is 19.9 Å². The normalized spacial score (nSPS) is 10.8. The van der Waals surface area contributed by atoms with Gasteiger partial charge in [-0.05, 0) is 30.5 Å². The second-order valence-corrected chi connectivity index (χ2v) is 5.23. The van der Waals surface area contributed by atoms with Crippen LogP contribution in [0.25, 0.3) is 22.3 Å². The Morgan fingerprint density at radius 3 is 2.36 bits per heavy atom. The van der Waals surface area contributed by atoms with Gasteiger partial charge in [0.15, 0.2) is 10.8 Å². The lowest BCUT2D eigenvalue weighted by Gasteiger charge is -2.10. The van der Waals surface area contributed by atoms with Crippen LogP contribution in [0.4, 0.5) is 11.8 Å². The average Bonchev–Trinajstić information content (AvgIpc) is 2.53. The van der Waals surface area contributed by atoms with E-state index in [4.69, 9.17) is 16.2 Å². The van der Waals surface area contributed by atoms with E-state index in [9.17, 15) is 0 Å². The first-order chi connectivity index (χ1) is 10.6. The van der Waals surface area contributed by atoms with Crippen LogP contribution in [0.5, 0.6) is 5.75 Å². The first kappa shape index (κ1) is 14.3. The average molecular weight is 314 g/mol. The van der Waals surface area contributed by atoms with Gasteiger partial charge in [0.2, 0.25) is 5.95 Å². The van der Waals surface area contributed by atoms with E-state index in [0.717, 1.165) is 11.3 Å². The van der Waals surface area contributed by atoms with Gasteiger partial charge in [-0.3, -0.25) is 0 Å². The summed E-state index contributed by atoms with van der Waals surface area (Å²) in [6.45, 7) is 0. The van der Waals surface area contributed by atoms with Crippen molar-refractivity contribution in [3.63, 3.8) is 0 Å². The third-order valence-electron chi connectivity index (χ3n) is 3.13. The number of methoxy groups -OCH3 is 1. The number of ether oxygens (including phenoxy) is 1. The Balaban J connectivity index is 2.30. The van der Waals surface area contributed by atoms with Crippen molar-refractivity contribution in [3.8, 4) is 17.0 Å². The molecule has 2 aromatic heterocycles. The minimum Gasteiger partial charge on any atom is -0.497 e. The molecule has 0 fully saturated rings. The molecule has 0 atom stereocenters. The Labute approximate surface area is 131 Å². The van der Waals surface area contributed by atoms with Crippen molar-refractivity contribution in [1.29, 1.82) is 0 Å². The summed E-state index contributed by atoms with van der Waals surface area (Å²) in [4.78, 5) is 17.1. The van der Waals surface area contributed by atoms with E-state index in [1.165, 1.54) is 11.8 Å². The van der Waals surface area contributed by atoms with E-state index in [-0.39, 0.29) is 11.8 Å². The van der Waals surface area contributed by atoms with Crippen LogP contribution in [-0.2, 0) is 0 Å². The van der Waals surface area contributed by atoms with Crippen LogP contribution in [0.3, 0.4) is 0 Å². The maximum Gasteiger partial charge on any atom is 0.224 e. The Morgan fingerprint density at radius 1 is 1.00 bits per heavy atom. The third-order valence-corrected chi connectivity index (χ3v) is 3.67. The van der Waals surface area contributed by atoms with Gasteiger partial charge in [0.05, 0.1) is 18.2 Å². The molecule has 4 N–H and O–H groups in total. The maximum atomic E-state index is 6.00. The summed E-state index contributed by atoms with van der Waals surface area (Å²) in [5.74, 6) is 1.12. The van der Waals surface area contributed by atoms with Gasteiger partial charge in [0.1, 0.15) is 11.6 Å². The minimum atomic E-state index is 0.0939. The summed E-state index contributed by atoms with van der Waals surface area (Å²) < 4.78 is 5.17. The molecule has 3 aromatic rings. The van der Waals surface area contributed by atoms with Gasteiger partial charge in [-0.1, -0.05) is 11.8 Å². The molecule has 0 amide bonds. The molecule has 0 saturated carbocycles. The molecule has 2 heterocycles. The van der Waals surface area contributed by atoms with Gasteiger partial charge in [-0.15, -0.1) is 0 Å². The number of nitrogens with two attached hydrogens (primary N) is 2. The number of fused-ring (bicyclic) bond motifs is 1. The Hall–Kier alpha value is -2.61. The molecule has 7 nitrogen and oxygen atoms in total. The number of thioether (sulfide) groups is 1. The van der Waals surface area contributed by atoms with Gasteiger partial charge in [0, 0.05) is 5.56 Å². The van der Waals surface area contributed by atoms with Crippen molar-refractivity contribution < 1.29 is 4.74 Å². The number of rotatable bonds is 3.